The van der Waals surface area contributed by atoms with E-state index in [1.165, 1.54) is 11.3 Å². The lowest BCUT2D eigenvalue weighted by Gasteiger charge is -2.04. The number of aromatic nitrogens is 5. The molecular weight excluding hydrogens is 408 g/mol. The van der Waals surface area contributed by atoms with Gasteiger partial charge in [-0.05, 0) is 26.0 Å². The van der Waals surface area contributed by atoms with E-state index in [1.807, 2.05) is 59.1 Å². The highest BCUT2D eigenvalue weighted by Gasteiger charge is 2.13. The standard InChI is InChI=1S/C20H21ClN6OS/c1-3-26-17-10-23-27(20(17)13(2)25-26)9-8-18(28)22-11-19-24-16(12-29-19)14-4-6-15(21)7-5-14/h4-7,10,12H,3,8-9,11H2,1-2H3,(H,22,28). The van der Waals surface area contributed by atoms with E-state index in [2.05, 4.69) is 20.5 Å². The van der Waals surface area contributed by atoms with Crippen molar-refractivity contribution in [3.8, 4) is 11.3 Å². The lowest BCUT2D eigenvalue weighted by molar-refractivity contribution is -0.121. The molecule has 3 aromatic heterocycles. The van der Waals surface area contributed by atoms with Gasteiger partial charge in [-0.15, -0.1) is 11.3 Å². The van der Waals surface area contributed by atoms with Crippen molar-refractivity contribution in [2.75, 3.05) is 0 Å². The van der Waals surface area contributed by atoms with Gasteiger partial charge >= 0.3 is 0 Å². The molecule has 0 bridgehead atoms. The monoisotopic (exact) mass is 428 g/mol. The zero-order valence-corrected chi connectivity index (χ0v) is 17.8. The van der Waals surface area contributed by atoms with Crippen LogP contribution >= 0.6 is 22.9 Å². The number of hydrogen-bond acceptors (Lipinski definition) is 5. The Bertz CT molecular complexity index is 1140. The molecule has 3 heterocycles. The van der Waals surface area contributed by atoms with Gasteiger partial charge in [0.2, 0.25) is 5.91 Å². The quantitative estimate of drug-likeness (QED) is 0.481. The maximum absolute atomic E-state index is 12.3. The molecule has 1 aromatic carbocycles. The van der Waals surface area contributed by atoms with Gasteiger partial charge in [-0.2, -0.15) is 10.2 Å². The minimum absolute atomic E-state index is 0.0302. The minimum atomic E-state index is -0.0302. The Morgan fingerprint density at radius 3 is 2.79 bits per heavy atom. The molecule has 4 aromatic rings. The van der Waals surface area contributed by atoms with Crippen molar-refractivity contribution in [2.45, 2.75) is 39.9 Å². The van der Waals surface area contributed by atoms with Gasteiger partial charge in [0, 0.05) is 28.9 Å². The Morgan fingerprint density at radius 2 is 2.03 bits per heavy atom. The summed E-state index contributed by atoms with van der Waals surface area (Å²) in [5, 5.41) is 15.4. The Balaban J connectivity index is 1.33. The first-order valence-electron chi connectivity index (χ1n) is 9.41. The van der Waals surface area contributed by atoms with Crippen LogP contribution in [-0.4, -0.2) is 30.5 Å². The van der Waals surface area contributed by atoms with Crippen molar-refractivity contribution < 1.29 is 4.79 Å². The second-order valence-electron chi connectivity index (χ2n) is 6.66. The van der Waals surface area contributed by atoms with Crippen molar-refractivity contribution in [1.82, 2.24) is 29.9 Å². The SMILES string of the molecule is CCn1nc(C)c2c1cnn2CCC(=O)NCc1nc(-c2ccc(Cl)cc2)cs1. The molecule has 0 saturated heterocycles. The van der Waals surface area contributed by atoms with Gasteiger partial charge in [0.15, 0.2) is 0 Å². The van der Waals surface area contributed by atoms with Crippen molar-refractivity contribution in [1.29, 1.82) is 0 Å². The molecule has 0 fully saturated rings. The number of amides is 1. The number of carbonyl (C=O) groups is 1. The fourth-order valence-electron chi connectivity index (χ4n) is 3.24. The molecule has 1 amide bonds. The van der Waals surface area contributed by atoms with E-state index in [9.17, 15) is 4.79 Å². The maximum Gasteiger partial charge on any atom is 0.222 e. The number of fused-ring (bicyclic) bond motifs is 1. The number of rotatable bonds is 7. The first-order valence-corrected chi connectivity index (χ1v) is 10.7. The molecule has 0 aliphatic rings. The van der Waals surface area contributed by atoms with Crippen LogP contribution in [0.4, 0.5) is 0 Å². The average Bonchev–Trinajstić information content (AvgIpc) is 3.43. The van der Waals surface area contributed by atoms with Crippen LogP contribution in [0, 0.1) is 6.92 Å². The van der Waals surface area contributed by atoms with Gasteiger partial charge in [0.05, 0.1) is 30.7 Å². The van der Waals surface area contributed by atoms with Gasteiger partial charge in [-0.1, -0.05) is 23.7 Å². The van der Waals surface area contributed by atoms with Gasteiger partial charge in [0.25, 0.3) is 0 Å². The maximum atomic E-state index is 12.3. The molecule has 0 spiro atoms. The fraction of sp³-hybridized carbons (Fsp3) is 0.300. The molecule has 0 saturated carbocycles. The zero-order chi connectivity index (χ0) is 20.4. The molecule has 29 heavy (non-hydrogen) atoms. The number of hydrogen-bond donors (Lipinski definition) is 1. The van der Waals surface area contributed by atoms with Crippen LogP contribution in [0.3, 0.4) is 0 Å². The largest absolute Gasteiger partial charge is 0.350 e. The van der Waals surface area contributed by atoms with Crippen LogP contribution in [-0.2, 0) is 24.4 Å². The molecule has 0 unspecified atom stereocenters. The third kappa shape index (κ3) is 4.18. The summed E-state index contributed by atoms with van der Waals surface area (Å²) in [5.74, 6) is -0.0302. The molecule has 0 aliphatic heterocycles. The normalized spacial score (nSPS) is 11.3. The van der Waals surface area contributed by atoms with Crippen LogP contribution in [0.15, 0.2) is 35.8 Å². The molecule has 9 heteroatoms. The van der Waals surface area contributed by atoms with Crippen LogP contribution in [0.25, 0.3) is 22.3 Å². The highest BCUT2D eigenvalue weighted by molar-refractivity contribution is 7.09. The van der Waals surface area contributed by atoms with E-state index in [4.69, 9.17) is 11.6 Å². The third-order valence-electron chi connectivity index (χ3n) is 4.69. The second-order valence-corrected chi connectivity index (χ2v) is 8.04. The van der Waals surface area contributed by atoms with Crippen LogP contribution in [0.1, 0.15) is 24.0 Å². The Kier molecular flexibility index (Phi) is 5.64. The van der Waals surface area contributed by atoms with Crippen molar-refractivity contribution in [2.24, 2.45) is 0 Å². The predicted molar refractivity (Wildman–Crippen MR) is 115 cm³/mol. The number of thiazole rings is 1. The summed E-state index contributed by atoms with van der Waals surface area (Å²) < 4.78 is 3.78. The topological polar surface area (TPSA) is 77.6 Å². The Hall–Kier alpha value is -2.71. The summed E-state index contributed by atoms with van der Waals surface area (Å²) in [6.07, 6.45) is 2.16. The minimum Gasteiger partial charge on any atom is -0.350 e. The smallest absolute Gasteiger partial charge is 0.222 e. The molecule has 0 aliphatic carbocycles. The fourth-order valence-corrected chi connectivity index (χ4v) is 4.11. The van der Waals surface area contributed by atoms with Crippen LogP contribution < -0.4 is 5.32 Å². The van der Waals surface area contributed by atoms with Crippen LogP contribution in [0.2, 0.25) is 5.02 Å². The third-order valence-corrected chi connectivity index (χ3v) is 5.79. The van der Waals surface area contributed by atoms with Gasteiger partial charge in [-0.3, -0.25) is 14.2 Å². The first kappa shape index (κ1) is 19.6. The van der Waals surface area contributed by atoms with Crippen molar-refractivity contribution >= 4 is 39.9 Å². The Morgan fingerprint density at radius 1 is 1.24 bits per heavy atom. The highest BCUT2D eigenvalue weighted by atomic mass is 35.5. The van der Waals surface area contributed by atoms with Gasteiger partial charge < -0.3 is 5.32 Å². The summed E-state index contributed by atoms with van der Waals surface area (Å²) in [4.78, 5) is 16.9. The van der Waals surface area contributed by atoms with Crippen molar-refractivity contribution in [3.05, 3.63) is 51.6 Å². The van der Waals surface area contributed by atoms with E-state index in [1.54, 1.807) is 0 Å². The van der Waals surface area contributed by atoms with E-state index in [0.717, 1.165) is 39.5 Å². The number of carbonyl (C=O) groups excluding carboxylic acids is 1. The molecular formula is C20H21ClN6OS. The van der Waals surface area contributed by atoms with Crippen LogP contribution in [0.5, 0.6) is 0 Å². The second kappa shape index (κ2) is 8.34. The predicted octanol–water partition coefficient (Wildman–Crippen LogP) is 4.04. The van der Waals surface area contributed by atoms with Crippen molar-refractivity contribution in [3.63, 3.8) is 0 Å². The summed E-state index contributed by atoms with van der Waals surface area (Å²) in [7, 11) is 0. The summed E-state index contributed by atoms with van der Waals surface area (Å²) in [6, 6.07) is 7.56. The van der Waals surface area contributed by atoms with E-state index in [-0.39, 0.29) is 5.91 Å². The van der Waals surface area contributed by atoms with Gasteiger partial charge in [0.1, 0.15) is 16.0 Å². The summed E-state index contributed by atoms with van der Waals surface area (Å²) in [5.41, 5.74) is 4.82. The summed E-state index contributed by atoms with van der Waals surface area (Å²) in [6.45, 7) is 5.74. The number of nitrogens with zero attached hydrogens (tertiary/aromatic N) is 5. The molecule has 0 radical (unpaired) electrons. The number of nitrogens with one attached hydrogen (secondary N) is 1. The molecule has 0 atom stereocenters. The highest BCUT2D eigenvalue weighted by Crippen LogP contribution is 2.23. The van der Waals surface area contributed by atoms with E-state index < -0.39 is 0 Å². The number of aryl methyl sites for hydroxylation is 3. The zero-order valence-electron chi connectivity index (χ0n) is 16.2. The lowest BCUT2D eigenvalue weighted by atomic mass is 10.2. The number of benzene rings is 1. The first-order chi connectivity index (χ1) is 14.0. The molecule has 4 rings (SSSR count). The van der Waals surface area contributed by atoms with Gasteiger partial charge in [-0.25, -0.2) is 4.98 Å². The molecule has 1 N–H and O–H groups in total. The van der Waals surface area contributed by atoms with E-state index in [0.29, 0.717) is 24.5 Å². The summed E-state index contributed by atoms with van der Waals surface area (Å²) >= 11 is 7.46. The lowest BCUT2D eigenvalue weighted by Crippen LogP contribution is -2.24. The molecule has 150 valence electrons. The van der Waals surface area contributed by atoms with E-state index >= 15 is 0 Å². The molecule has 7 nitrogen and oxygen atoms in total. The number of halogens is 1. The average molecular weight is 429 g/mol. The Labute approximate surface area is 177 Å².